The zero-order valence-corrected chi connectivity index (χ0v) is 11.2. The van der Waals surface area contributed by atoms with Crippen LogP contribution in [0.5, 0.6) is 5.75 Å². The third-order valence-electron chi connectivity index (χ3n) is 3.62. The van der Waals surface area contributed by atoms with Crippen molar-refractivity contribution in [3.8, 4) is 5.75 Å². The predicted molar refractivity (Wildman–Crippen MR) is 73.9 cm³/mol. The third-order valence-corrected chi connectivity index (χ3v) is 3.62. The molecule has 1 aromatic carbocycles. The first-order valence-corrected chi connectivity index (χ1v) is 6.85. The zero-order valence-electron chi connectivity index (χ0n) is 11.2. The van der Waals surface area contributed by atoms with E-state index in [4.69, 9.17) is 9.94 Å². The molecule has 0 radical (unpaired) electrons. The molecule has 4 heteroatoms. The first-order valence-electron chi connectivity index (χ1n) is 6.85. The molecule has 1 fully saturated rings. The molecule has 2 atom stereocenters. The first-order chi connectivity index (χ1) is 9.22. The Hall–Kier alpha value is -1.55. The summed E-state index contributed by atoms with van der Waals surface area (Å²) >= 11 is 0. The molecule has 4 nitrogen and oxygen atoms in total. The lowest BCUT2D eigenvalue weighted by Gasteiger charge is -2.23. The first kappa shape index (κ1) is 13.9. The highest BCUT2D eigenvalue weighted by molar-refractivity contribution is 6.00. The number of aliphatic hydroxyl groups is 1. The van der Waals surface area contributed by atoms with Crippen molar-refractivity contribution >= 4 is 5.71 Å². The second kappa shape index (κ2) is 6.57. The van der Waals surface area contributed by atoms with Gasteiger partial charge in [-0.1, -0.05) is 30.1 Å². The van der Waals surface area contributed by atoms with Gasteiger partial charge in [0.1, 0.15) is 11.9 Å². The van der Waals surface area contributed by atoms with Gasteiger partial charge in [0.05, 0.1) is 11.8 Å². The van der Waals surface area contributed by atoms with E-state index in [0.29, 0.717) is 11.5 Å². The van der Waals surface area contributed by atoms with E-state index in [1.165, 1.54) is 0 Å². The van der Waals surface area contributed by atoms with Crippen molar-refractivity contribution in [2.45, 2.75) is 51.2 Å². The lowest BCUT2D eigenvalue weighted by molar-refractivity contribution is 0.0318. The minimum atomic E-state index is -0.415. The SMILES string of the molecule is CC(=NO)c1ccccc1OC1CCCCCC1O. The quantitative estimate of drug-likeness (QED) is 0.381. The Morgan fingerprint density at radius 2 is 1.95 bits per heavy atom. The van der Waals surface area contributed by atoms with Gasteiger partial charge in [-0.2, -0.15) is 0 Å². The fraction of sp³-hybridized carbons (Fsp3) is 0.533. The summed E-state index contributed by atoms with van der Waals surface area (Å²) in [5.74, 6) is 0.670. The van der Waals surface area contributed by atoms with Crippen molar-refractivity contribution in [3.63, 3.8) is 0 Å². The van der Waals surface area contributed by atoms with Crippen molar-refractivity contribution in [3.05, 3.63) is 29.8 Å². The van der Waals surface area contributed by atoms with E-state index in [0.717, 1.165) is 37.7 Å². The molecule has 0 spiro atoms. The maximum atomic E-state index is 10.1. The maximum absolute atomic E-state index is 10.1. The van der Waals surface area contributed by atoms with E-state index in [1.54, 1.807) is 6.92 Å². The molecule has 1 saturated carbocycles. The van der Waals surface area contributed by atoms with Crippen molar-refractivity contribution in [1.29, 1.82) is 0 Å². The van der Waals surface area contributed by atoms with Crippen LogP contribution in [0.4, 0.5) is 0 Å². The van der Waals surface area contributed by atoms with E-state index >= 15 is 0 Å². The van der Waals surface area contributed by atoms with Crippen molar-refractivity contribution < 1.29 is 15.1 Å². The van der Waals surface area contributed by atoms with Gasteiger partial charge in [-0.3, -0.25) is 0 Å². The van der Waals surface area contributed by atoms with E-state index in [9.17, 15) is 5.11 Å². The Morgan fingerprint density at radius 1 is 1.21 bits per heavy atom. The summed E-state index contributed by atoms with van der Waals surface area (Å²) in [6, 6.07) is 7.46. The Labute approximate surface area is 113 Å². The molecular formula is C15H21NO3. The van der Waals surface area contributed by atoms with Crippen molar-refractivity contribution in [2.75, 3.05) is 0 Å². The van der Waals surface area contributed by atoms with Gasteiger partial charge in [0.15, 0.2) is 0 Å². The maximum Gasteiger partial charge on any atom is 0.129 e. The molecule has 1 aromatic rings. The molecule has 0 heterocycles. The summed E-state index contributed by atoms with van der Waals surface area (Å²) in [6.45, 7) is 1.73. The van der Waals surface area contributed by atoms with Crippen LogP contribution in [0.3, 0.4) is 0 Å². The Kier molecular flexibility index (Phi) is 4.80. The molecule has 1 aliphatic rings. The van der Waals surface area contributed by atoms with Gasteiger partial charge >= 0.3 is 0 Å². The number of ether oxygens (including phenoxy) is 1. The summed E-state index contributed by atoms with van der Waals surface area (Å²) in [5, 5.41) is 22.2. The average Bonchev–Trinajstić information content (AvgIpc) is 2.64. The van der Waals surface area contributed by atoms with E-state index < -0.39 is 6.10 Å². The van der Waals surface area contributed by atoms with Crippen LogP contribution < -0.4 is 4.74 Å². The largest absolute Gasteiger partial charge is 0.487 e. The van der Waals surface area contributed by atoms with Crippen LogP contribution in [0.25, 0.3) is 0 Å². The normalized spacial score (nSPS) is 24.8. The number of benzene rings is 1. The summed E-state index contributed by atoms with van der Waals surface area (Å²) in [7, 11) is 0. The fourth-order valence-corrected chi connectivity index (χ4v) is 2.48. The van der Waals surface area contributed by atoms with Crippen molar-refractivity contribution in [1.82, 2.24) is 0 Å². The predicted octanol–water partition coefficient (Wildman–Crippen LogP) is 2.96. The van der Waals surface area contributed by atoms with Gasteiger partial charge in [-0.25, -0.2) is 0 Å². The number of hydrogen-bond donors (Lipinski definition) is 2. The molecule has 1 aliphatic carbocycles. The highest BCUT2D eigenvalue weighted by atomic mass is 16.5. The molecule has 2 N–H and O–H groups in total. The number of para-hydroxylation sites is 1. The lowest BCUT2D eigenvalue weighted by Crippen LogP contribution is -2.31. The third kappa shape index (κ3) is 3.47. The number of aliphatic hydroxyl groups excluding tert-OH is 1. The van der Waals surface area contributed by atoms with Gasteiger partial charge in [0, 0.05) is 5.56 Å². The monoisotopic (exact) mass is 263 g/mol. The molecule has 104 valence electrons. The molecule has 0 saturated heterocycles. The molecule has 2 rings (SSSR count). The zero-order chi connectivity index (χ0) is 13.7. The molecular weight excluding hydrogens is 242 g/mol. The minimum Gasteiger partial charge on any atom is -0.487 e. The van der Waals surface area contributed by atoms with Gasteiger partial charge in [0.25, 0.3) is 0 Å². The second-order valence-corrected chi connectivity index (χ2v) is 5.04. The Bertz CT molecular complexity index is 445. The van der Waals surface area contributed by atoms with Crippen LogP contribution >= 0.6 is 0 Å². The number of nitrogens with zero attached hydrogens (tertiary/aromatic N) is 1. The number of rotatable bonds is 3. The van der Waals surface area contributed by atoms with Gasteiger partial charge in [0.2, 0.25) is 0 Å². The van der Waals surface area contributed by atoms with Crippen LogP contribution in [-0.2, 0) is 0 Å². The summed E-state index contributed by atoms with van der Waals surface area (Å²) in [6.07, 6.45) is 4.36. The van der Waals surface area contributed by atoms with Gasteiger partial charge < -0.3 is 15.1 Å². The van der Waals surface area contributed by atoms with Crippen molar-refractivity contribution in [2.24, 2.45) is 5.16 Å². The summed E-state index contributed by atoms with van der Waals surface area (Å²) in [5.41, 5.74) is 1.28. The van der Waals surface area contributed by atoms with E-state index in [-0.39, 0.29) is 6.10 Å². The molecule has 0 aromatic heterocycles. The molecule has 0 bridgehead atoms. The van der Waals surface area contributed by atoms with Crippen LogP contribution in [-0.4, -0.2) is 28.2 Å². The smallest absolute Gasteiger partial charge is 0.129 e. The Balaban J connectivity index is 2.18. The second-order valence-electron chi connectivity index (χ2n) is 5.04. The molecule has 2 unspecified atom stereocenters. The lowest BCUT2D eigenvalue weighted by atomic mass is 10.1. The standard InChI is InChI=1S/C15H21NO3/c1-11(16-18)12-7-5-6-9-14(12)19-15-10-4-2-3-8-13(15)17/h5-7,9,13,15,17-18H,2-4,8,10H2,1H3. The summed E-state index contributed by atoms with van der Waals surface area (Å²) < 4.78 is 5.96. The highest BCUT2D eigenvalue weighted by Crippen LogP contribution is 2.26. The number of oxime groups is 1. The van der Waals surface area contributed by atoms with Gasteiger partial charge in [-0.15, -0.1) is 0 Å². The van der Waals surface area contributed by atoms with Crippen LogP contribution in [0.1, 0.15) is 44.6 Å². The van der Waals surface area contributed by atoms with E-state index in [1.807, 2.05) is 24.3 Å². The Morgan fingerprint density at radius 3 is 2.74 bits per heavy atom. The fourth-order valence-electron chi connectivity index (χ4n) is 2.48. The van der Waals surface area contributed by atoms with Crippen LogP contribution in [0, 0.1) is 0 Å². The van der Waals surface area contributed by atoms with Crippen LogP contribution in [0.15, 0.2) is 29.4 Å². The minimum absolute atomic E-state index is 0.171. The van der Waals surface area contributed by atoms with E-state index in [2.05, 4.69) is 5.16 Å². The summed E-state index contributed by atoms with van der Waals surface area (Å²) in [4.78, 5) is 0. The number of hydrogen-bond acceptors (Lipinski definition) is 4. The molecule has 0 amide bonds. The average molecular weight is 263 g/mol. The van der Waals surface area contributed by atoms with Crippen LogP contribution in [0.2, 0.25) is 0 Å². The highest BCUT2D eigenvalue weighted by Gasteiger charge is 2.24. The molecule has 0 aliphatic heterocycles. The van der Waals surface area contributed by atoms with Gasteiger partial charge in [-0.05, 0) is 38.3 Å². The molecule has 19 heavy (non-hydrogen) atoms. The topological polar surface area (TPSA) is 62.1 Å².